The number of aryl methyl sites for hydroxylation is 2. The third-order valence-electron chi connectivity index (χ3n) is 5.41. The molecule has 1 aromatic heterocycles. The lowest BCUT2D eigenvalue weighted by Gasteiger charge is -2.14. The number of carbonyl (C=O) groups is 1. The molecule has 0 saturated carbocycles. The third-order valence-corrected chi connectivity index (χ3v) is 6.73. The van der Waals surface area contributed by atoms with Crippen molar-refractivity contribution in [2.24, 2.45) is 0 Å². The molecule has 0 aliphatic heterocycles. The summed E-state index contributed by atoms with van der Waals surface area (Å²) in [5, 5.41) is 16.0. The van der Waals surface area contributed by atoms with Gasteiger partial charge in [-0.1, -0.05) is 19.4 Å². The Morgan fingerprint density at radius 3 is 2.27 bits per heavy atom. The smallest absolute Gasteiger partial charge is 0.310 e. The maximum absolute atomic E-state index is 13.7. The van der Waals surface area contributed by atoms with Crippen LogP contribution in [-0.4, -0.2) is 34.7 Å². The van der Waals surface area contributed by atoms with Crippen LogP contribution in [-0.2, 0) is 16.7 Å². The molecule has 1 aromatic carbocycles. The van der Waals surface area contributed by atoms with Crippen LogP contribution >= 0.6 is 0 Å². The van der Waals surface area contributed by atoms with E-state index in [4.69, 9.17) is 4.18 Å². The summed E-state index contributed by atoms with van der Waals surface area (Å²) in [6.45, 7) is 12.7. The summed E-state index contributed by atoms with van der Waals surface area (Å²) >= 11 is 0. The van der Waals surface area contributed by atoms with E-state index in [0.717, 1.165) is 5.57 Å². The Morgan fingerprint density at radius 1 is 1.12 bits per heavy atom. The van der Waals surface area contributed by atoms with Gasteiger partial charge in [0.05, 0.1) is 21.9 Å². The van der Waals surface area contributed by atoms with Gasteiger partial charge in [0.2, 0.25) is 11.7 Å². The van der Waals surface area contributed by atoms with Crippen molar-refractivity contribution in [2.45, 2.75) is 67.9 Å². The number of aromatic nitrogens is 2. The van der Waals surface area contributed by atoms with Gasteiger partial charge in [-0.3, -0.25) is 14.9 Å². The van der Waals surface area contributed by atoms with Gasteiger partial charge in [0, 0.05) is 18.2 Å². The normalized spacial score (nSPS) is 11.4. The molecule has 0 amide bonds. The molecule has 0 aliphatic carbocycles. The number of benzene rings is 1. The van der Waals surface area contributed by atoms with Crippen molar-refractivity contribution in [3.8, 4) is 5.88 Å². The van der Waals surface area contributed by atoms with Crippen molar-refractivity contribution < 1.29 is 22.3 Å². The van der Waals surface area contributed by atoms with Gasteiger partial charge in [-0.2, -0.15) is 13.5 Å². The molecular formula is C23H31N3O6S. The molecule has 10 heteroatoms. The van der Waals surface area contributed by atoms with Gasteiger partial charge in [0.1, 0.15) is 5.56 Å². The Bertz CT molecular complexity index is 1220. The minimum Gasteiger partial charge on any atom is -0.361 e. The van der Waals surface area contributed by atoms with Crippen molar-refractivity contribution in [2.75, 3.05) is 5.75 Å². The van der Waals surface area contributed by atoms with Crippen LogP contribution in [0.4, 0.5) is 5.69 Å². The quantitative estimate of drug-likeness (QED) is 0.205. The van der Waals surface area contributed by atoms with Crippen molar-refractivity contribution in [3.05, 3.63) is 55.8 Å². The van der Waals surface area contributed by atoms with E-state index in [-0.39, 0.29) is 28.4 Å². The number of nitro groups is 1. The Morgan fingerprint density at radius 2 is 1.76 bits per heavy atom. The zero-order valence-electron chi connectivity index (χ0n) is 20.2. The molecule has 2 aromatic rings. The lowest BCUT2D eigenvalue weighted by atomic mass is 9.90. The van der Waals surface area contributed by atoms with E-state index >= 15 is 0 Å². The van der Waals surface area contributed by atoms with E-state index in [1.165, 1.54) is 16.8 Å². The van der Waals surface area contributed by atoms with Gasteiger partial charge in [-0.05, 0) is 64.7 Å². The Balaban J connectivity index is 2.78. The first-order valence-electron chi connectivity index (χ1n) is 10.8. The predicted molar refractivity (Wildman–Crippen MR) is 127 cm³/mol. The van der Waals surface area contributed by atoms with Crippen LogP contribution in [0.3, 0.4) is 0 Å². The highest BCUT2D eigenvalue weighted by atomic mass is 32.2. The number of hydrogen-bond acceptors (Lipinski definition) is 7. The average molecular weight is 478 g/mol. The molecule has 0 N–H and O–H groups in total. The SMILES string of the molecule is CCCn1nc(C)c(C(=O)c2ccc([N+](=O)[O-])c(C(C)=C(C)C)c2C)c1OS(=O)(=O)CCC. The van der Waals surface area contributed by atoms with Gasteiger partial charge in [0.15, 0.2) is 0 Å². The lowest BCUT2D eigenvalue weighted by Crippen LogP contribution is -2.18. The van der Waals surface area contributed by atoms with Gasteiger partial charge in [-0.25, -0.2) is 4.68 Å². The van der Waals surface area contributed by atoms with Gasteiger partial charge >= 0.3 is 10.1 Å². The van der Waals surface area contributed by atoms with Crippen LogP contribution < -0.4 is 4.18 Å². The van der Waals surface area contributed by atoms with E-state index in [2.05, 4.69) is 5.10 Å². The topological polar surface area (TPSA) is 121 Å². The fourth-order valence-electron chi connectivity index (χ4n) is 3.64. The molecule has 180 valence electrons. The standard InChI is InChI=1S/C23H31N3O6S/c1-8-12-25-23(32-33(30,31)13-9-2)21(17(7)24-25)22(27)18-10-11-19(26(28)29)20(16(18)6)15(5)14(3)4/h10-11H,8-9,12-13H2,1-7H3. The second-order valence-electron chi connectivity index (χ2n) is 8.18. The van der Waals surface area contributed by atoms with Crippen LogP contribution in [0.5, 0.6) is 5.88 Å². The number of rotatable bonds is 10. The molecule has 9 nitrogen and oxygen atoms in total. The molecule has 0 bridgehead atoms. The molecule has 0 fully saturated rings. The highest BCUT2D eigenvalue weighted by molar-refractivity contribution is 7.87. The monoisotopic (exact) mass is 477 g/mol. The van der Waals surface area contributed by atoms with Crippen LogP contribution in [0.15, 0.2) is 17.7 Å². The maximum atomic E-state index is 13.7. The van der Waals surface area contributed by atoms with E-state index < -0.39 is 20.8 Å². The highest BCUT2D eigenvalue weighted by Crippen LogP contribution is 2.35. The number of carbonyl (C=O) groups excluding carboxylic acids is 1. The number of nitrogens with zero attached hydrogens (tertiary/aromatic N) is 3. The molecule has 0 atom stereocenters. The van der Waals surface area contributed by atoms with Gasteiger partial charge in [-0.15, -0.1) is 0 Å². The second-order valence-corrected chi connectivity index (χ2v) is 9.87. The number of ketones is 1. The largest absolute Gasteiger partial charge is 0.361 e. The Hall–Kier alpha value is -3.01. The average Bonchev–Trinajstić information content (AvgIpc) is 3.00. The number of hydrogen-bond donors (Lipinski definition) is 0. The third kappa shape index (κ3) is 5.50. The molecule has 1 heterocycles. The summed E-state index contributed by atoms with van der Waals surface area (Å²) in [6, 6.07) is 2.71. The van der Waals surface area contributed by atoms with Crippen molar-refractivity contribution >= 4 is 27.2 Å². The number of nitro benzene ring substituents is 1. The molecule has 2 rings (SSSR count). The Labute approximate surface area is 194 Å². The summed E-state index contributed by atoms with van der Waals surface area (Å²) in [7, 11) is -3.92. The van der Waals surface area contributed by atoms with E-state index in [0.29, 0.717) is 41.8 Å². The predicted octanol–water partition coefficient (Wildman–Crippen LogP) is 4.98. The second kappa shape index (κ2) is 10.3. The fourth-order valence-corrected chi connectivity index (χ4v) is 4.63. The van der Waals surface area contributed by atoms with Crippen LogP contribution in [0.2, 0.25) is 0 Å². The molecule has 0 aliphatic rings. The van der Waals surface area contributed by atoms with E-state index in [1.807, 2.05) is 20.8 Å². The summed E-state index contributed by atoms with van der Waals surface area (Å²) in [5.74, 6) is -0.810. The minimum absolute atomic E-state index is 0.0425. The molecule has 0 saturated heterocycles. The summed E-state index contributed by atoms with van der Waals surface area (Å²) in [4.78, 5) is 24.9. The van der Waals surface area contributed by atoms with Crippen molar-refractivity contribution in [1.82, 2.24) is 9.78 Å². The zero-order valence-corrected chi connectivity index (χ0v) is 21.0. The van der Waals surface area contributed by atoms with Gasteiger partial charge < -0.3 is 4.18 Å². The molecular weight excluding hydrogens is 446 g/mol. The molecule has 0 radical (unpaired) electrons. The Kier molecular flexibility index (Phi) is 8.18. The minimum atomic E-state index is -3.92. The van der Waals surface area contributed by atoms with Crippen molar-refractivity contribution in [1.29, 1.82) is 0 Å². The molecule has 0 unspecified atom stereocenters. The van der Waals surface area contributed by atoms with E-state index in [9.17, 15) is 23.3 Å². The summed E-state index contributed by atoms with van der Waals surface area (Å²) in [5.41, 5.74) is 2.91. The first-order valence-corrected chi connectivity index (χ1v) is 12.4. The summed E-state index contributed by atoms with van der Waals surface area (Å²) in [6.07, 6.45) is 1.01. The van der Waals surface area contributed by atoms with Crippen molar-refractivity contribution in [3.63, 3.8) is 0 Å². The molecule has 0 spiro atoms. The first kappa shape index (κ1) is 26.2. The maximum Gasteiger partial charge on any atom is 0.310 e. The lowest BCUT2D eigenvalue weighted by molar-refractivity contribution is -0.385. The first-order chi connectivity index (χ1) is 15.4. The fraction of sp³-hybridized carbons (Fsp3) is 0.478. The van der Waals surface area contributed by atoms with E-state index in [1.54, 1.807) is 27.7 Å². The summed E-state index contributed by atoms with van der Waals surface area (Å²) < 4.78 is 31.6. The zero-order chi connectivity index (χ0) is 25.1. The highest BCUT2D eigenvalue weighted by Gasteiger charge is 2.30. The van der Waals surface area contributed by atoms with Crippen LogP contribution in [0, 0.1) is 24.0 Å². The molecule has 33 heavy (non-hydrogen) atoms. The van der Waals surface area contributed by atoms with Crippen LogP contribution in [0.25, 0.3) is 5.57 Å². The number of allylic oxidation sites excluding steroid dienone is 2. The van der Waals surface area contributed by atoms with Crippen LogP contribution in [0.1, 0.15) is 80.2 Å². The van der Waals surface area contributed by atoms with Gasteiger partial charge in [0.25, 0.3) is 5.69 Å².